The van der Waals surface area contributed by atoms with Crippen molar-refractivity contribution in [2.45, 2.75) is 0 Å². The molecule has 0 N–H and O–H groups in total. The van der Waals surface area contributed by atoms with Crippen LogP contribution >= 0.6 is 0 Å². The van der Waals surface area contributed by atoms with Crippen molar-refractivity contribution in [3.8, 4) is 22.3 Å². The molecule has 47 heavy (non-hydrogen) atoms. The van der Waals surface area contributed by atoms with Gasteiger partial charge in [0.1, 0.15) is 0 Å². The first-order valence-electron chi connectivity index (χ1n) is 16.2. The molecule has 0 saturated carbocycles. The third-order valence-corrected chi connectivity index (χ3v) is 9.41. The van der Waals surface area contributed by atoms with Gasteiger partial charge in [-0.1, -0.05) is 146 Å². The molecule has 0 saturated heterocycles. The van der Waals surface area contributed by atoms with Crippen LogP contribution in [0.15, 0.2) is 188 Å². The second-order valence-electron chi connectivity index (χ2n) is 12.1. The van der Waals surface area contributed by atoms with E-state index >= 15 is 0 Å². The summed E-state index contributed by atoms with van der Waals surface area (Å²) >= 11 is 0. The Kier molecular flexibility index (Phi) is 6.54. The fourth-order valence-corrected chi connectivity index (χ4v) is 7.17. The average molecular weight is 598 g/mol. The Bertz CT molecular complexity index is 2490. The highest BCUT2D eigenvalue weighted by Crippen LogP contribution is 2.42. The van der Waals surface area contributed by atoms with E-state index in [2.05, 4.69) is 193 Å². The topological polar surface area (TPSA) is 3.24 Å². The van der Waals surface area contributed by atoms with Crippen LogP contribution in [-0.4, -0.2) is 0 Å². The fourth-order valence-electron chi connectivity index (χ4n) is 7.17. The second kappa shape index (κ2) is 11.3. The molecule has 220 valence electrons. The lowest BCUT2D eigenvalue weighted by Gasteiger charge is -2.25. The molecule has 0 spiro atoms. The molecule has 0 aliphatic heterocycles. The van der Waals surface area contributed by atoms with E-state index in [1.54, 1.807) is 0 Å². The van der Waals surface area contributed by atoms with E-state index in [1.165, 1.54) is 65.3 Å². The molecule has 0 unspecified atom stereocenters. The summed E-state index contributed by atoms with van der Waals surface area (Å²) in [5.74, 6) is 0. The van der Waals surface area contributed by atoms with E-state index in [1.807, 2.05) is 0 Å². The van der Waals surface area contributed by atoms with Gasteiger partial charge >= 0.3 is 0 Å². The van der Waals surface area contributed by atoms with Crippen molar-refractivity contribution in [2.75, 3.05) is 4.90 Å². The summed E-state index contributed by atoms with van der Waals surface area (Å²) < 4.78 is 0. The van der Waals surface area contributed by atoms with Gasteiger partial charge in [-0.15, -0.1) is 0 Å². The SMILES string of the molecule is c1ccc(N(c2ccccc2)c2ccc(-c3ccc(-c4cc5ccc6ccccc6c5c5c4ccc4ccccc45)cc3)cc2)cc1. The fraction of sp³-hybridized carbons (Fsp3) is 0. The predicted octanol–water partition coefficient (Wildman–Crippen LogP) is 13.1. The molecule has 0 radical (unpaired) electrons. The maximum atomic E-state index is 2.38. The van der Waals surface area contributed by atoms with Crippen LogP contribution in [0.2, 0.25) is 0 Å². The van der Waals surface area contributed by atoms with Crippen molar-refractivity contribution in [1.82, 2.24) is 0 Å². The van der Waals surface area contributed by atoms with Crippen LogP contribution in [0.5, 0.6) is 0 Å². The smallest absolute Gasteiger partial charge is 0.0462 e. The van der Waals surface area contributed by atoms with Gasteiger partial charge in [-0.2, -0.15) is 0 Å². The minimum absolute atomic E-state index is 1.13. The third kappa shape index (κ3) is 4.72. The van der Waals surface area contributed by atoms with Crippen molar-refractivity contribution in [3.05, 3.63) is 188 Å². The van der Waals surface area contributed by atoms with E-state index in [4.69, 9.17) is 0 Å². The lowest BCUT2D eigenvalue weighted by Crippen LogP contribution is -2.09. The normalized spacial score (nSPS) is 11.4. The van der Waals surface area contributed by atoms with Crippen molar-refractivity contribution in [1.29, 1.82) is 0 Å². The third-order valence-electron chi connectivity index (χ3n) is 9.41. The first kappa shape index (κ1) is 27.2. The first-order chi connectivity index (χ1) is 23.3. The highest BCUT2D eigenvalue weighted by atomic mass is 15.1. The van der Waals surface area contributed by atoms with Gasteiger partial charge in [0.2, 0.25) is 0 Å². The van der Waals surface area contributed by atoms with Gasteiger partial charge in [0.25, 0.3) is 0 Å². The molecule has 0 amide bonds. The zero-order valence-corrected chi connectivity index (χ0v) is 25.8. The lowest BCUT2D eigenvalue weighted by molar-refractivity contribution is 1.28. The minimum atomic E-state index is 1.13. The van der Waals surface area contributed by atoms with Crippen molar-refractivity contribution in [2.24, 2.45) is 0 Å². The molecular formula is C46H31N. The molecule has 0 atom stereocenters. The molecule has 0 aliphatic carbocycles. The first-order valence-corrected chi connectivity index (χ1v) is 16.2. The van der Waals surface area contributed by atoms with Gasteiger partial charge in [0, 0.05) is 17.1 Å². The molecule has 1 nitrogen and oxygen atoms in total. The van der Waals surface area contributed by atoms with Crippen LogP contribution in [0, 0.1) is 0 Å². The molecule has 9 rings (SSSR count). The van der Waals surface area contributed by atoms with Gasteiger partial charge in [-0.3, -0.25) is 0 Å². The van der Waals surface area contributed by atoms with E-state index in [-0.39, 0.29) is 0 Å². The highest BCUT2D eigenvalue weighted by Gasteiger charge is 2.15. The summed E-state index contributed by atoms with van der Waals surface area (Å²) in [6.45, 7) is 0. The number of fused-ring (bicyclic) bond motifs is 7. The predicted molar refractivity (Wildman–Crippen MR) is 202 cm³/mol. The zero-order valence-electron chi connectivity index (χ0n) is 25.8. The van der Waals surface area contributed by atoms with Crippen LogP contribution in [0.3, 0.4) is 0 Å². The van der Waals surface area contributed by atoms with E-state index in [0.717, 1.165) is 17.1 Å². The van der Waals surface area contributed by atoms with Gasteiger partial charge in [0.05, 0.1) is 0 Å². The molecule has 1 heteroatoms. The van der Waals surface area contributed by atoms with Gasteiger partial charge in [-0.05, 0) is 108 Å². The van der Waals surface area contributed by atoms with E-state index < -0.39 is 0 Å². The molecular weight excluding hydrogens is 567 g/mol. The van der Waals surface area contributed by atoms with Crippen LogP contribution in [0.1, 0.15) is 0 Å². The summed E-state index contributed by atoms with van der Waals surface area (Å²) in [7, 11) is 0. The van der Waals surface area contributed by atoms with Crippen LogP contribution in [0.25, 0.3) is 65.3 Å². The Morgan fingerprint density at radius 2 is 0.723 bits per heavy atom. The van der Waals surface area contributed by atoms with Crippen LogP contribution < -0.4 is 4.90 Å². The molecule has 0 bridgehead atoms. The van der Waals surface area contributed by atoms with E-state index in [9.17, 15) is 0 Å². The van der Waals surface area contributed by atoms with Crippen molar-refractivity contribution >= 4 is 60.2 Å². The molecule has 0 heterocycles. The number of hydrogen-bond donors (Lipinski definition) is 0. The number of rotatable bonds is 5. The largest absolute Gasteiger partial charge is 0.311 e. The van der Waals surface area contributed by atoms with Gasteiger partial charge in [-0.25, -0.2) is 0 Å². The zero-order chi connectivity index (χ0) is 31.2. The second-order valence-corrected chi connectivity index (χ2v) is 12.1. The Labute approximate surface area is 274 Å². The summed E-state index contributed by atoms with van der Waals surface area (Å²) in [5.41, 5.74) is 8.29. The molecule has 0 aliphatic rings. The van der Waals surface area contributed by atoms with Crippen LogP contribution in [-0.2, 0) is 0 Å². The standard InChI is InChI=1S/C46H31N/c1-3-13-38(14-4-1)47(39-15-5-2-6-16-39)40-28-25-33(26-29-40)32-19-21-36(22-20-32)44-31-37-24-23-34-11-7-9-17-41(34)45(37)46-42-18-10-8-12-35(42)27-30-43(44)46/h1-31H. The number of benzene rings is 9. The maximum Gasteiger partial charge on any atom is 0.0462 e. The quantitative estimate of drug-likeness (QED) is 0.178. The molecule has 0 aromatic heterocycles. The minimum Gasteiger partial charge on any atom is -0.311 e. The number of para-hydroxylation sites is 2. The lowest BCUT2D eigenvalue weighted by atomic mass is 9.88. The summed E-state index contributed by atoms with van der Waals surface area (Å²) in [6, 6.07) is 68.1. The van der Waals surface area contributed by atoms with Gasteiger partial charge in [0.15, 0.2) is 0 Å². The molecule has 9 aromatic rings. The summed E-state index contributed by atoms with van der Waals surface area (Å²) in [6.07, 6.45) is 0. The van der Waals surface area contributed by atoms with Crippen molar-refractivity contribution < 1.29 is 0 Å². The Balaban J connectivity index is 1.13. The number of nitrogens with zero attached hydrogens (tertiary/aromatic N) is 1. The number of anilines is 3. The van der Waals surface area contributed by atoms with Crippen molar-refractivity contribution in [3.63, 3.8) is 0 Å². The van der Waals surface area contributed by atoms with Gasteiger partial charge < -0.3 is 4.90 Å². The number of hydrogen-bond acceptors (Lipinski definition) is 1. The summed E-state index contributed by atoms with van der Waals surface area (Å²) in [4.78, 5) is 2.30. The Morgan fingerprint density at radius 3 is 1.34 bits per heavy atom. The van der Waals surface area contributed by atoms with Crippen LogP contribution in [0.4, 0.5) is 17.1 Å². The Morgan fingerprint density at radius 1 is 0.277 bits per heavy atom. The summed E-state index contributed by atoms with van der Waals surface area (Å²) in [5, 5.41) is 10.3. The van der Waals surface area contributed by atoms with E-state index in [0.29, 0.717) is 0 Å². The maximum absolute atomic E-state index is 2.38. The average Bonchev–Trinajstić information content (AvgIpc) is 3.15. The highest BCUT2D eigenvalue weighted by molar-refractivity contribution is 6.30. The monoisotopic (exact) mass is 597 g/mol. The Hall–Kier alpha value is -6.18. The molecule has 9 aromatic carbocycles. The molecule has 0 fully saturated rings.